The zero-order valence-electron chi connectivity index (χ0n) is 10.1. The van der Waals surface area contributed by atoms with Crippen LogP contribution in [0.5, 0.6) is 0 Å². The first-order valence-electron chi connectivity index (χ1n) is 5.33. The molecule has 0 saturated carbocycles. The molecule has 0 saturated heterocycles. The lowest BCUT2D eigenvalue weighted by Crippen LogP contribution is -2.37. The minimum Gasteiger partial charge on any atom is -0.393 e. The van der Waals surface area contributed by atoms with Crippen molar-refractivity contribution in [1.82, 2.24) is 4.90 Å². The summed E-state index contributed by atoms with van der Waals surface area (Å²) in [4.78, 5) is 14.0. The summed E-state index contributed by atoms with van der Waals surface area (Å²) in [6.45, 7) is 1.84. The summed E-state index contributed by atoms with van der Waals surface area (Å²) in [5.74, 6) is -0.720. The van der Waals surface area contributed by atoms with Gasteiger partial charge < -0.3 is 10.6 Å². The summed E-state index contributed by atoms with van der Waals surface area (Å²) in [7, 11) is 1.64. The van der Waals surface area contributed by atoms with E-state index in [0.717, 1.165) is 0 Å². The zero-order valence-corrected chi connectivity index (χ0v) is 12.5. The van der Waals surface area contributed by atoms with E-state index in [1.807, 2.05) is 6.92 Å². The maximum atomic E-state index is 13.1. The summed E-state index contributed by atoms with van der Waals surface area (Å²) in [6.07, 6.45) is 0.435. The van der Waals surface area contributed by atoms with Gasteiger partial charge in [-0.05, 0) is 41.1 Å². The highest BCUT2D eigenvalue weighted by molar-refractivity contribution is 9.10. The van der Waals surface area contributed by atoms with E-state index in [1.165, 1.54) is 23.1 Å². The zero-order chi connectivity index (χ0) is 13.9. The van der Waals surface area contributed by atoms with Gasteiger partial charge in [-0.1, -0.05) is 12.2 Å². The molecule has 98 valence electrons. The fourth-order valence-corrected chi connectivity index (χ4v) is 2.14. The molecular formula is C12H14BrFN2OS. The number of carbonyl (C=O) groups excluding carboxylic acids is 1. The lowest BCUT2D eigenvalue weighted by molar-refractivity contribution is 0.0746. The highest BCUT2D eigenvalue weighted by Gasteiger charge is 2.20. The summed E-state index contributed by atoms with van der Waals surface area (Å²) in [5, 5.41) is 0. The van der Waals surface area contributed by atoms with Crippen LogP contribution in [0.4, 0.5) is 4.39 Å². The molecule has 0 aromatic heterocycles. The van der Waals surface area contributed by atoms with Crippen LogP contribution >= 0.6 is 28.1 Å². The van der Waals surface area contributed by atoms with Gasteiger partial charge in [-0.2, -0.15) is 0 Å². The molecule has 0 fully saturated rings. The number of rotatable bonds is 4. The van der Waals surface area contributed by atoms with Crippen LogP contribution in [0.3, 0.4) is 0 Å². The van der Waals surface area contributed by atoms with Crippen molar-refractivity contribution < 1.29 is 9.18 Å². The Hall–Kier alpha value is -1.01. The van der Waals surface area contributed by atoms with Crippen LogP contribution in [-0.2, 0) is 0 Å². The van der Waals surface area contributed by atoms with Gasteiger partial charge in [-0.25, -0.2) is 4.39 Å². The van der Waals surface area contributed by atoms with Crippen molar-refractivity contribution in [3.05, 3.63) is 34.1 Å². The SMILES string of the molecule is CC(CC(N)=S)N(C)C(=O)c1cc(F)ccc1Br. The molecule has 1 atom stereocenters. The molecule has 0 bridgehead atoms. The Kier molecular flexibility index (Phi) is 5.22. The lowest BCUT2D eigenvalue weighted by Gasteiger charge is -2.25. The monoisotopic (exact) mass is 332 g/mol. The number of nitrogens with zero attached hydrogens (tertiary/aromatic N) is 1. The minimum atomic E-state index is -0.447. The van der Waals surface area contributed by atoms with Crippen LogP contribution in [0, 0.1) is 5.82 Å². The number of halogens is 2. The van der Waals surface area contributed by atoms with Gasteiger partial charge >= 0.3 is 0 Å². The van der Waals surface area contributed by atoms with Crippen molar-refractivity contribution in [2.75, 3.05) is 7.05 Å². The Bertz CT molecular complexity index is 481. The quantitative estimate of drug-likeness (QED) is 0.862. The molecule has 0 spiro atoms. The molecule has 1 aromatic carbocycles. The van der Waals surface area contributed by atoms with Crippen LogP contribution < -0.4 is 5.73 Å². The summed E-state index contributed by atoms with van der Waals surface area (Å²) < 4.78 is 13.7. The summed E-state index contributed by atoms with van der Waals surface area (Å²) in [5.41, 5.74) is 5.73. The molecule has 2 N–H and O–H groups in total. The molecule has 1 unspecified atom stereocenters. The number of carbonyl (C=O) groups is 1. The number of nitrogens with two attached hydrogens (primary N) is 1. The van der Waals surface area contributed by atoms with Crippen LogP contribution in [0.15, 0.2) is 22.7 Å². The van der Waals surface area contributed by atoms with Crippen molar-refractivity contribution >= 4 is 39.0 Å². The fraction of sp³-hybridized carbons (Fsp3) is 0.333. The van der Waals surface area contributed by atoms with E-state index in [-0.39, 0.29) is 17.5 Å². The van der Waals surface area contributed by atoms with Gasteiger partial charge in [0, 0.05) is 24.0 Å². The van der Waals surface area contributed by atoms with Gasteiger partial charge in [0.15, 0.2) is 0 Å². The maximum absolute atomic E-state index is 13.1. The Morgan fingerprint density at radius 2 is 2.22 bits per heavy atom. The van der Waals surface area contributed by atoms with Crippen LogP contribution in [0.2, 0.25) is 0 Å². The van der Waals surface area contributed by atoms with Crippen molar-refractivity contribution in [2.45, 2.75) is 19.4 Å². The van der Waals surface area contributed by atoms with Crippen molar-refractivity contribution in [3.8, 4) is 0 Å². The first-order chi connectivity index (χ1) is 8.32. The third-order valence-electron chi connectivity index (χ3n) is 2.64. The second-order valence-corrected chi connectivity index (χ2v) is 5.44. The predicted octanol–water partition coefficient (Wildman–Crippen LogP) is 2.72. The van der Waals surface area contributed by atoms with Crippen molar-refractivity contribution in [2.24, 2.45) is 5.73 Å². The summed E-state index contributed by atoms with van der Waals surface area (Å²) >= 11 is 8.05. The molecule has 1 aromatic rings. The molecule has 0 aliphatic heterocycles. The second-order valence-electron chi connectivity index (χ2n) is 4.06. The predicted molar refractivity (Wildman–Crippen MR) is 77.1 cm³/mol. The molecular weight excluding hydrogens is 319 g/mol. The molecule has 3 nitrogen and oxygen atoms in total. The summed E-state index contributed by atoms with van der Waals surface area (Å²) in [6, 6.07) is 3.87. The molecule has 1 rings (SSSR count). The van der Waals surface area contributed by atoms with Gasteiger partial charge in [0.05, 0.1) is 10.6 Å². The van der Waals surface area contributed by atoms with Crippen LogP contribution in [-0.4, -0.2) is 28.9 Å². The van der Waals surface area contributed by atoms with E-state index in [0.29, 0.717) is 15.9 Å². The minimum absolute atomic E-state index is 0.134. The molecule has 0 radical (unpaired) electrons. The highest BCUT2D eigenvalue weighted by Crippen LogP contribution is 2.20. The normalized spacial score (nSPS) is 12.0. The first kappa shape index (κ1) is 15.0. The Morgan fingerprint density at radius 1 is 1.61 bits per heavy atom. The molecule has 1 amide bonds. The van der Waals surface area contributed by atoms with Gasteiger partial charge in [0.25, 0.3) is 5.91 Å². The van der Waals surface area contributed by atoms with E-state index in [1.54, 1.807) is 7.05 Å². The van der Waals surface area contributed by atoms with Crippen molar-refractivity contribution in [3.63, 3.8) is 0 Å². The average molecular weight is 333 g/mol. The Labute approximate surface area is 119 Å². The number of thiocarbonyl (C=S) groups is 1. The smallest absolute Gasteiger partial charge is 0.255 e. The number of hydrogen-bond donors (Lipinski definition) is 1. The van der Waals surface area contributed by atoms with Gasteiger partial charge in [0.2, 0.25) is 0 Å². The van der Waals surface area contributed by atoms with E-state index < -0.39 is 5.82 Å². The van der Waals surface area contributed by atoms with E-state index in [9.17, 15) is 9.18 Å². The largest absolute Gasteiger partial charge is 0.393 e. The van der Waals surface area contributed by atoms with E-state index in [2.05, 4.69) is 15.9 Å². The lowest BCUT2D eigenvalue weighted by atomic mass is 10.1. The highest BCUT2D eigenvalue weighted by atomic mass is 79.9. The van der Waals surface area contributed by atoms with Gasteiger partial charge in [0.1, 0.15) is 5.82 Å². The first-order valence-corrected chi connectivity index (χ1v) is 6.53. The van der Waals surface area contributed by atoms with Gasteiger partial charge in [-0.15, -0.1) is 0 Å². The van der Waals surface area contributed by atoms with Crippen LogP contribution in [0.25, 0.3) is 0 Å². The van der Waals surface area contributed by atoms with Crippen molar-refractivity contribution in [1.29, 1.82) is 0 Å². The topological polar surface area (TPSA) is 46.3 Å². The number of amides is 1. The third-order valence-corrected chi connectivity index (χ3v) is 3.50. The van der Waals surface area contributed by atoms with Crippen LogP contribution in [0.1, 0.15) is 23.7 Å². The molecule has 0 aliphatic rings. The fourth-order valence-electron chi connectivity index (χ4n) is 1.48. The Balaban J connectivity index is 2.92. The van der Waals surface area contributed by atoms with E-state index in [4.69, 9.17) is 18.0 Å². The maximum Gasteiger partial charge on any atom is 0.255 e. The molecule has 6 heteroatoms. The third kappa shape index (κ3) is 3.74. The molecule has 18 heavy (non-hydrogen) atoms. The average Bonchev–Trinajstić information content (AvgIpc) is 2.29. The molecule has 0 aliphatic carbocycles. The second kappa shape index (κ2) is 6.24. The number of benzene rings is 1. The number of hydrogen-bond acceptors (Lipinski definition) is 2. The Morgan fingerprint density at radius 3 is 2.78 bits per heavy atom. The molecule has 0 heterocycles. The standard InChI is InChI=1S/C12H14BrFN2OS/c1-7(5-11(15)18)16(2)12(17)9-6-8(14)3-4-10(9)13/h3-4,6-7H,5H2,1-2H3,(H2,15,18). The van der Waals surface area contributed by atoms with Gasteiger partial charge in [-0.3, -0.25) is 4.79 Å². The van der Waals surface area contributed by atoms with E-state index >= 15 is 0 Å².